The summed E-state index contributed by atoms with van der Waals surface area (Å²) < 4.78 is 0. The zero-order valence-electron chi connectivity index (χ0n) is 10.5. The van der Waals surface area contributed by atoms with Gasteiger partial charge in [0.05, 0.1) is 0 Å². The number of hydrogen-bond donors (Lipinski definition) is 1. The Kier molecular flexibility index (Phi) is 3.41. The molecule has 2 aliphatic rings. The molecule has 2 heterocycles. The van der Waals surface area contributed by atoms with E-state index in [1.54, 1.807) is 0 Å². The molecule has 1 saturated heterocycles. The SMILES string of the molecule is c1cc(C2CCCC2)nc(C2CCCNC2)c1. The predicted octanol–water partition coefficient (Wildman–Crippen LogP) is 3.21. The van der Waals surface area contributed by atoms with Crippen molar-refractivity contribution in [3.8, 4) is 0 Å². The monoisotopic (exact) mass is 230 g/mol. The Hall–Kier alpha value is -0.890. The van der Waals surface area contributed by atoms with Gasteiger partial charge in [-0.15, -0.1) is 0 Å². The summed E-state index contributed by atoms with van der Waals surface area (Å²) in [5.74, 6) is 1.39. The van der Waals surface area contributed by atoms with Crippen LogP contribution in [0.5, 0.6) is 0 Å². The van der Waals surface area contributed by atoms with E-state index in [9.17, 15) is 0 Å². The van der Waals surface area contributed by atoms with E-state index in [0.717, 1.165) is 12.5 Å². The van der Waals surface area contributed by atoms with Crippen molar-refractivity contribution in [1.82, 2.24) is 10.3 Å². The molecule has 0 amide bonds. The van der Waals surface area contributed by atoms with Gasteiger partial charge >= 0.3 is 0 Å². The molecule has 0 spiro atoms. The van der Waals surface area contributed by atoms with Crippen LogP contribution in [-0.2, 0) is 0 Å². The molecule has 1 atom stereocenters. The highest BCUT2D eigenvalue weighted by Crippen LogP contribution is 2.33. The van der Waals surface area contributed by atoms with Gasteiger partial charge in [0.15, 0.2) is 0 Å². The number of aromatic nitrogens is 1. The summed E-state index contributed by atoms with van der Waals surface area (Å²) >= 11 is 0. The van der Waals surface area contributed by atoms with Crippen molar-refractivity contribution in [1.29, 1.82) is 0 Å². The smallest absolute Gasteiger partial charge is 0.0450 e. The van der Waals surface area contributed by atoms with Crippen LogP contribution in [-0.4, -0.2) is 18.1 Å². The van der Waals surface area contributed by atoms with Crippen LogP contribution in [0.3, 0.4) is 0 Å². The van der Waals surface area contributed by atoms with E-state index >= 15 is 0 Å². The molecule has 1 unspecified atom stereocenters. The molecular formula is C15H22N2. The summed E-state index contributed by atoms with van der Waals surface area (Å²) in [4.78, 5) is 4.94. The van der Waals surface area contributed by atoms with Gasteiger partial charge in [-0.3, -0.25) is 4.98 Å². The van der Waals surface area contributed by atoms with Gasteiger partial charge < -0.3 is 5.32 Å². The minimum atomic E-state index is 0.644. The molecule has 1 aliphatic carbocycles. The van der Waals surface area contributed by atoms with Crippen LogP contribution in [0.15, 0.2) is 18.2 Å². The normalized spacial score (nSPS) is 26.2. The Morgan fingerprint density at radius 2 is 1.65 bits per heavy atom. The Bertz CT molecular complexity index is 363. The van der Waals surface area contributed by atoms with Gasteiger partial charge in [0.2, 0.25) is 0 Å². The highest BCUT2D eigenvalue weighted by atomic mass is 14.9. The first-order valence-electron chi connectivity index (χ1n) is 7.11. The number of nitrogens with one attached hydrogen (secondary N) is 1. The second-order valence-electron chi connectivity index (χ2n) is 5.51. The van der Waals surface area contributed by atoms with Crippen molar-refractivity contribution in [2.24, 2.45) is 0 Å². The summed E-state index contributed by atoms with van der Waals surface area (Å²) in [6.07, 6.45) is 8.07. The first kappa shape index (κ1) is 11.2. The number of pyridine rings is 1. The summed E-state index contributed by atoms with van der Waals surface area (Å²) in [6.45, 7) is 2.29. The maximum Gasteiger partial charge on any atom is 0.0450 e. The zero-order chi connectivity index (χ0) is 11.5. The third-order valence-corrected chi connectivity index (χ3v) is 4.28. The minimum Gasteiger partial charge on any atom is -0.316 e. The van der Waals surface area contributed by atoms with Crippen LogP contribution in [0.25, 0.3) is 0 Å². The number of nitrogens with zero attached hydrogens (tertiary/aromatic N) is 1. The van der Waals surface area contributed by atoms with Crippen molar-refractivity contribution in [3.63, 3.8) is 0 Å². The standard InChI is InChI=1S/C15H22N2/c1-2-6-12(5-1)14-8-3-9-15(17-14)13-7-4-10-16-11-13/h3,8-9,12-13,16H,1-2,4-7,10-11H2. The van der Waals surface area contributed by atoms with Crippen LogP contribution in [0.1, 0.15) is 61.7 Å². The van der Waals surface area contributed by atoms with Crippen LogP contribution in [0.2, 0.25) is 0 Å². The Morgan fingerprint density at radius 1 is 0.941 bits per heavy atom. The lowest BCUT2D eigenvalue weighted by atomic mass is 9.94. The molecule has 2 fully saturated rings. The molecule has 17 heavy (non-hydrogen) atoms. The van der Waals surface area contributed by atoms with Crippen molar-refractivity contribution < 1.29 is 0 Å². The minimum absolute atomic E-state index is 0.644. The number of hydrogen-bond acceptors (Lipinski definition) is 2. The molecule has 0 radical (unpaired) electrons. The predicted molar refractivity (Wildman–Crippen MR) is 70.3 cm³/mol. The van der Waals surface area contributed by atoms with E-state index in [2.05, 4.69) is 23.5 Å². The zero-order valence-corrected chi connectivity index (χ0v) is 10.5. The van der Waals surface area contributed by atoms with Gasteiger partial charge in [0.25, 0.3) is 0 Å². The van der Waals surface area contributed by atoms with Crippen molar-refractivity contribution >= 4 is 0 Å². The molecule has 1 aliphatic heterocycles. The van der Waals surface area contributed by atoms with Crippen LogP contribution >= 0.6 is 0 Å². The molecule has 0 aromatic carbocycles. The lowest BCUT2D eigenvalue weighted by molar-refractivity contribution is 0.453. The molecule has 1 N–H and O–H groups in total. The Morgan fingerprint density at radius 3 is 2.35 bits per heavy atom. The van der Waals surface area contributed by atoms with E-state index in [4.69, 9.17) is 4.98 Å². The van der Waals surface area contributed by atoms with E-state index < -0.39 is 0 Å². The molecule has 1 saturated carbocycles. The maximum atomic E-state index is 4.94. The second kappa shape index (κ2) is 5.18. The molecule has 0 bridgehead atoms. The first-order valence-corrected chi connectivity index (χ1v) is 7.11. The fraction of sp³-hybridized carbons (Fsp3) is 0.667. The Labute approximate surface area is 104 Å². The third kappa shape index (κ3) is 2.52. The molecule has 92 valence electrons. The van der Waals surface area contributed by atoms with Crippen molar-refractivity contribution in [2.45, 2.75) is 50.4 Å². The van der Waals surface area contributed by atoms with E-state index in [1.165, 1.54) is 56.5 Å². The number of rotatable bonds is 2. The van der Waals surface area contributed by atoms with Crippen LogP contribution in [0.4, 0.5) is 0 Å². The molecule has 1 aromatic rings. The highest BCUT2D eigenvalue weighted by molar-refractivity contribution is 5.19. The van der Waals surface area contributed by atoms with Gasteiger partial charge in [0, 0.05) is 29.8 Å². The first-order chi connectivity index (χ1) is 8.43. The highest BCUT2D eigenvalue weighted by Gasteiger charge is 2.21. The quantitative estimate of drug-likeness (QED) is 0.844. The van der Waals surface area contributed by atoms with Gasteiger partial charge in [-0.1, -0.05) is 18.9 Å². The van der Waals surface area contributed by atoms with Gasteiger partial charge in [0.1, 0.15) is 0 Å². The second-order valence-corrected chi connectivity index (χ2v) is 5.51. The summed E-state index contributed by atoms with van der Waals surface area (Å²) in [7, 11) is 0. The lowest BCUT2D eigenvalue weighted by Gasteiger charge is -2.23. The van der Waals surface area contributed by atoms with Crippen LogP contribution in [0, 0.1) is 0 Å². The topological polar surface area (TPSA) is 24.9 Å². The summed E-state index contributed by atoms with van der Waals surface area (Å²) in [6, 6.07) is 6.66. The fourth-order valence-corrected chi connectivity index (χ4v) is 3.25. The average Bonchev–Trinajstić information content (AvgIpc) is 2.94. The molecule has 2 heteroatoms. The maximum absolute atomic E-state index is 4.94. The Balaban J connectivity index is 1.77. The molecule has 3 rings (SSSR count). The largest absolute Gasteiger partial charge is 0.316 e. The molecular weight excluding hydrogens is 208 g/mol. The third-order valence-electron chi connectivity index (χ3n) is 4.28. The number of piperidine rings is 1. The van der Waals surface area contributed by atoms with Gasteiger partial charge in [-0.05, 0) is 44.4 Å². The van der Waals surface area contributed by atoms with E-state index in [-0.39, 0.29) is 0 Å². The fourth-order valence-electron chi connectivity index (χ4n) is 3.25. The molecule has 2 nitrogen and oxygen atoms in total. The summed E-state index contributed by atoms with van der Waals surface area (Å²) in [5, 5.41) is 3.48. The van der Waals surface area contributed by atoms with Gasteiger partial charge in [-0.2, -0.15) is 0 Å². The van der Waals surface area contributed by atoms with Crippen LogP contribution < -0.4 is 5.32 Å². The average molecular weight is 230 g/mol. The van der Waals surface area contributed by atoms with Gasteiger partial charge in [-0.25, -0.2) is 0 Å². The summed E-state index contributed by atoms with van der Waals surface area (Å²) in [5.41, 5.74) is 2.67. The lowest BCUT2D eigenvalue weighted by Crippen LogP contribution is -2.29. The van der Waals surface area contributed by atoms with Crippen molar-refractivity contribution in [3.05, 3.63) is 29.6 Å². The van der Waals surface area contributed by atoms with E-state index in [1.807, 2.05) is 0 Å². The molecule has 1 aromatic heterocycles. The van der Waals surface area contributed by atoms with Crippen molar-refractivity contribution in [2.75, 3.05) is 13.1 Å². The van der Waals surface area contributed by atoms with E-state index in [0.29, 0.717) is 5.92 Å².